The molecule has 6 nitrogen and oxygen atoms in total. The van der Waals surface area contributed by atoms with Gasteiger partial charge in [0.25, 0.3) is 5.91 Å². The number of fused-ring (bicyclic) bond motifs is 2. The molecule has 4 aromatic rings. The zero-order chi connectivity index (χ0) is 24.0. The predicted molar refractivity (Wildman–Crippen MR) is 127 cm³/mol. The van der Waals surface area contributed by atoms with Crippen LogP contribution < -0.4 is 5.32 Å². The molecule has 2 heterocycles. The minimum atomic E-state index is -0.698. The number of aromatic nitrogens is 2. The first-order valence-electron chi connectivity index (χ1n) is 10.8. The number of imidazole rings is 1. The number of benzene rings is 2. The highest BCUT2D eigenvalue weighted by molar-refractivity contribution is 6.30. The summed E-state index contributed by atoms with van der Waals surface area (Å²) < 4.78 is 16.1. The summed E-state index contributed by atoms with van der Waals surface area (Å²) in [6, 6.07) is 12.9. The van der Waals surface area contributed by atoms with Crippen LogP contribution in [0.15, 0.2) is 60.9 Å². The van der Waals surface area contributed by atoms with Crippen LogP contribution in [0.1, 0.15) is 49.9 Å². The maximum Gasteiger partial charge on any atom is 0.274 e. The van der Waals surface area contributed by atoms with Gasteiger partial charge in [0.05, 0.1) is 18.0 Å². The van der Waals surface area contributed by atoms with E-state index in [1.54, 1.807) is 28.8 Å². The lowest BCUT2D eigenvalue weighted by molar-refractivity contribution is 0.0920. The summed E-state index contributed by atoms with van der Waals surface area (Å²) >= 11 is 6.11. The molecule has 34 heavy (non-hydrogen) atoms. The lowest BCUT2D eigenvalue weighted by Crippen LogP contribution is -2.18. The van der Waals surface area contributed by atoms with Crippen molar-refractivity contribution in [2.45, 2.75) is 31.8 Å². The number of halogens is 2. The van der Waals surface area contributed by atoms with Crippen molar-refractivity contribution in [3.8, 4) is 0 Å². The molecule has 8 heteroatoms. The van der Waals surface area contributed by atoms with E-state index < -0.39 is 23.7 Å². The highest BCUT2D eigenvalue weighted by Gasteiger charge is 2.33. The third-order valence-corrected chi connectivity index (χ3v) is 6.46. The summed E-state index contributed by atoms with van der Waals surface area (Å²) in [6.07, 6.45) is 2.98. The molecule has 1 aliphatic carbocycles. The quantitative estimate of drug-likeness (QED) is 0.398. The first-order chi connectivity index (χ1) is 16.3. The molecule has 0 fully saturated rings. The van der Waals surface area contributed by atoms with Crippen LogP contribution in [0.4, 0.5) is 10.1 Å². The van der Waals surface area contributed by atoms with Crippen LogP contribution in [0.3, 0.4) is 0 Å². The molecule has 0 radical (unpaired) electrons. The number of pyridine rings is 1. The smallest absolute Gasteiger partial charge is 0.274 e. The fraction of sp³-hybridized carbons (Fsp3) is 0.192. The average molecular weight is 478 g/mol. The molecule has 1 amide bonds. The number of nitrogens with zero attached hydrogens (tertiary/aromatic N) is 2. The normalized spacial score (nSPS) is 17.1. The van der Waals surface area contributed by atoms with Gasteiger partial charge in [0.1, 0.15) is 17.2 Å². The lowest BCUT2D eigenvalue weighted by Gasteiger charge is -2.16. The van der Waals surface area contributed by atoms with E-state index in [0.717, 1.165) is 22.8 Å². The summed E-state index contributed by atoms with van der Waals surface area (Å²) in [4.78, 5) is 30.1. The number of carbonyl (C=O) groups excluding carboxylic acids is 2. The van der Waals surface area contributed by atoms with Gasteiger partial charge in [0.2, 0.25) is 0 Å². The molecule has 2 aromatic heterocycles. The van der Waals surface area contributed by atoms with Crippen LogP contribution in [0.25, 0.3) is 5.65 Å². The number of aliphatic hydroxyl groups excluding tert-OH is 1. The minimum absolute atomic E-state index is 0.0417. The molecular formula is C26H21ClFN3O3. The third-order valence-electron chi connectivity index (χ3n) is 6.23. The molecule has 0 spiro atoms. The summed E-state index contributed by atoms with van der Waals surface area (Å²) in [5, 5.41) is 13.6. The van der Waals surface area contributed by atoms with Crippen LogP contribution in [-0.2, 0) is 6.42 Å². The summed E-state index contributed by atoms with van der Waals surface area (Å²) in [7, 11) is 0. The van der Waals surface area contributed by atoms with Crippen LogP contribution in [0.2, 0.25) is 5.02 Å². The Bertz CT molecular complexity index is 1450. The number of carbonyl (C=O) groups is 2. The number of amides is 1. The second kappa shape index (κ2) is 8.66. The molecule has 1 aliphatic rings. The van der Waals surface area contributed by atoms with Gasteiger partial charge >= 0.3 is 0 Å². The highest BCUT2D eigenvalue weighted by atomic mass is 35.5. The Hall–Kier alpha value is -3.55. The van der Waals surface area contributed by atoms with Crippen molar-refractivity contribution in [3.05, 3.63) is 99.7 Å². The zero-order valence-electron chi connectivity index (χ0n) is 18.3. The van der Waals surface area contributed by atoms with Crippen molar-refractivity contribution in [2.24, 2.45) is 0 Å². The SMILES string of the molecule is Cc1ccc2ncc(C(=O)Nc3cc(C(=O)C[C@H]4c5cc(Cl)ccc5C[C@H]4O)ccc3F)n2c1. The number of aliphatic hydroxyl groups is 1. The van der Waals surface area contributed by atoms with Gasteiger partial charge in [0, 0.05) is 29.1 Å². The Morgan fingerprint density at radius 2 is 2.03 bits per heavy atom. The lowest BCUT2D eigenvalue weighted by atomic mass is 9.91. The van der Waals surface area contributed by atoms with Crippen LogP contribution >= 0.6 is 11.6 Å². The fourth-order valence-corrected chi connectivity index (χ4v) is 4.65. The molecule has 172 valence electrons. The number of nitrogens with one attached hydrogen (secondary N) is 1. The third kappa shape index (κ3) is 4.08. The molecule has 0 bridgehead atoms. The standard InChI is InChI=1S/C26H21ClFN3O3/c1-14-2-7-25-29-12-22(31(25)13-14)26(34)30-21-8-16(4-6-20(21)28)23(32)11-19-18-10-17(27)5-3-15(18)9-24(19)33/h2-8,10,12-13,19,24,33H,9,11H2,1H3,(H,30,34)/t19-,24+/m0/s1. The van der Waals surface area contributed by atoms with Crippen LogP contribution in [0, 0.1) is 12.7 Å². The molecule has 2 atom stereocenters. The van der Waals surface area contributed by atoms with Gasteiger partial charge in [-0.05, 0) is 66.4 Å². The number of aryl methyl sites for hydroxylation is 1. The number of anilines is 1. The predicted octanol–water partition coefficient (Wildman–Crippen LogP) is 4.96. The maximum absolute atomic E-state index is 14.5. The zero-order valence-corrected chi connectivity index (χ0v) is 19.0. The van der Waals surface area contributed by atoms with Gasteiger partial charge in [-0.3, -0.25) is 14.0 Å². The second-order valence-electron chi connectivity index (χ2n) is 8.58. The van der Waals surface area contributed by atoms with Crippen molar-refractivity contribution in [2.75, 3.05) is 5.32 Å². The van der Waals surface area contributed by atoms with E-state index in [2.05, 4.69) is 10.3 Å². The number of rotatable bonds is 5. The first kappa shape index (κ1) is 22.3. The fourth-order valence-electron chi connectivity index (χ4n) is 4.47. The van der Waals surface area contributed by atoms with E-state index in [1.165, 1.54) is 18.3 Å². The van der Waals surface area contributed by atoms with Crippen molar-refractivity contribution >= 4 is 34.6 Å². The van der Waals surface area contributed by atoms with Crippen molar-refractivity contribution in [1.29, 1.82) is 0 Å². The van der Waals surface area contributed by atoms with Gasteiger partial charge < -0.3 is 10.4 Å². The van der Waals surface area contributed by atoms with Crippen LogP contribution in [0.5, 0.6) is 0 Å². The first-order valence-corrected chi connectivity index (χ1v) is 11.2. The van der Waals surface area contributed by atoms with Crippen molar-refractivity contribution in [3.63, 3.8) is 0 Å². The van der Waals surface area contributed by atoms with Crippen molar-refractivity contribution < 1.29 is 19.1 Å². The largest absolute Gasteiger partial charge is 0.392 e. The molecule has 0 unspecified atom stereocenters. The number of ketones is 1. The minimum Gasteiger partial charge on any atom is -0.392 e. The topological polar surface area (TPSA) is 83.7 Å². The molecule has 2 N–H and O–H groups in total. The summed E-state index contributed by atoms with van der Waals surface area (Å²) in [6.45, 7) is 1.89. The molecule has 5 rings (SSSR count). The van der Waals surface area contributed by atoms with E-state index in [-0.39, 0.29) is 29.1 Å². The molecule has 0 saturated carbocycles. The number of Topliss-reactive ketones (excluding diaryl/α,β-unsaturated/α-hetero) is 1. The van der Waals surface area contributed by atoms with Gasteiger partial charge in [-0.1, -0.05) is 23.7 Å². The van der Waals surface area contributed by atoms with Crippen molar-refractivity contribution in [1.82, 2.24) is 9.38 Å². The Kier molecular flexibility index (Phi) is 5.67. The molecular weight excluding hydrogens is 457 g/mol. The molecule has 2 aromatic carbocycles. The van der Waals surface area contributed by atoms with E-state index in [9.17, 15) is 19.1 Å². The van der Waals surface area contributed by atoms with E-state index in [1.807, 2.05) is 19.1 Å². The summed E-state index contributed by atoms with van der Waals surface area (Å²) in [5.41, 5.74) is 3.74. The van der Waals surface area contributed by atoms with Crippen LogP contribution in [-0.4, -0.2) is 32.3 Å². The Labute approximate surface area is 200 Å². The van der Waals surface area contributed by atoms with E-state index in [4.69, 9.17) is 11.6 Å². The number of hydrogen-bond donors (Lipinski definition) is 2. The monoisotopic (exact) mass is 477 g/mol. The highest BCUT2D eigenvalue weighted by Crippen LogP contribution is 2.38. The molecule has 0 saturated heterocycles. The van der Waals surface area contributed by atoms with Gasteiger partial charge in [-0.25, -0.2) is 9.37 Å². The van der Waals surface area contributed by atoms with E-state index >= 15 is 0 Å². The number of hydrogen-bond acceptors (Lipinski definition) is 4. The van der Waals surface area contributed by atoms with Gasteiger partial charge in [-0.2, -0.15) is 0 Å². The molecule has 0 aliphatic heterocycles. The second-order valence-corrected chi connectivity index (χ2v) is 9.01. The summed E-state index contributed by atoms with van der Waals surface area (Å²) in [5.74, 6) is -1.87. The Morgan fingerprint density at radius 3 is 2.85 bits per heavy atom. The Balaban J connectivity index is 1.38. The van der Waals surface area contributed by atoms with Gasteiger partial charge in [-0.15, -0.1) is 0 Å². The Morgan fingerprint density at radius 1 is 1.21 bits per heavy atom. The van der Waals surface area contributed by atoms with Gasteiger partial charge in [0.15, 0.2) is 5.78 Å². The maximum atomic E-state index is 14.5. The average Bonchev–Trinajstić information content (AvgIpc) is 3.35. The van der Waals surface area contributed by atoms with E-state index in [0.29, 0.717) is 17.1 Å².